The molecule has 2 rings (SSSR count). The number of esters is 1. The molecule has 1 N–H and O–H groups in total. The smallest absolute Gasteiger partial charge is 0.359 e. The highest BCUT2D eigenvalue weighted by Gasteiger charge is 2.15. The summed E-state index contributed by atoms with van der Waals surface area (Å²) in [7, 11) is 1.31. The van der Waals surface area contributed by atoms with E-state index in [0.717, 1.165) is 0 Å². The van der Waals surface area contributed by atoms with Crippen LogP contribution in [0.5, 0.6) is 5.75 Å². The Hall–Kier alpha value is -3.56. The molecule has 1 amide bonds. The SMILES string of the molecule is COc1cc([N+](=O)[O-])ccc1NC(=O)COC(=O)c1cnccn1. The Morgan fingerprint density at radius 1 is 1.33 bits per heavy atom. The fourth-order valence-corrected chi connectivity index (χ4v) is 1.69. The van der Waals surface area contributed by atoms with Gasteiger partial charge in [-0.15, -0.1) is 0 Å². The monoisotopic (exact) mass is 332 g/mol. The number of methoxy groups -OCH3 is 1. The van der Waals surface area contributed by atoms with Gasteiger partial charge in [0, 0.05) is 18.5 Å². The summed E-state index contributed by atoms with van der Waals surface area (Å²) >= 11 is 0. The van der Waals surface area contributed by atoms with Crippen LogP contribution in [0.25, 0.3) is 0 Å². The van der Waals surface area contributed by atoms with Gasteiger partial charge in [-0.2, -0.15) is 0 Å². The van der Waals surface area contributed by atoms with Crippen LogP contribution in [-0.4, -0.2) is 40.5 Å². The second kappa shape index (κ2) is 7.63. The molecular weight excluding hydrogens is 320 g/mol. The first-order valence-corrected chi connectivity index (χ1v) is 6.56. The minimum atomic E-state index is -0.797. The minimum absolute atomic E-state index is 0.0294. The number of non-ortho nitro benzene ring substituents is 1. The largest absolute Gasteiger partial charge is 0.494 e. The van der Waals surface area contributed by atoms with E-state index < -0.39 is 23.4 Å². The van der Waals surface area contributed by atoms with Crippen molar-refractivity contribution in [3.8, 4) is 5.75 Å². The lowest BCUT2D eigenvalue weighted by molar-refractivity contribution is -0.384. The molecular formula is C14H12N4O6. The molecule has 0 aliphatic carbocycles. The highest BCUT2D eigenvalue weighted by atomic mass is 16.6. The van der Waals surface area contributed by atoms with Crippen molar-refractivity contribution in [2.75, 3.05) is 19.0 Å². The number of nitro groups is 1. The Bertz CT molecular complexity index is 765. The van der Waals surface area contributed by atoms with Gasteiger partial charge >= 0.3 is 5.97 Å². The van der Waals surface area contributed by atoms with Crippen molar-refractivity contribution in [1.82, 2.24) is 9.97 Å². The first kappa shape index (κ1) is 16.8. The van der Waals surface area contributed by atoms with Gasteiger partial charge in [-0.25, -0.2) is 9.78 Å². The predicted molar refractivity (Wildman–Crippen MR) is 80.6 cm³/mol. The van der Waals surface area contributed by atoms with Crippen LogP contribution in [0.4, 0.5) is 11.4 Å². The Kier molecular flexibility index (Phi) is 5.34. The van der Waals surface area contributed by atoms with Crippen LogP contribution in [0.3, 0.4) is 0 Å². The van der Waals surface area contributed by atoms with E-state index in [0.29, 0.717) is 0 Å². The third-order valence-corrected chi connectivity index (χ3v) is 2.78. The number of ether oxygens (including phenoxy) is 2. The number of carbonyl (C=O) groups excluding carboxylic acids is 2. The molecule has 0 aliphatic rings. The van der Waals surface area contributed by atoms with Crippen molar-refractivity contribution in [3.05, 3.63) is 52.6 Å². The maximum Gasteiger partial charge on any atom is 0.359 e. The number of anilines is 1. The minimum Gasteiger partial charge on any atom is -0.494 e. The summed E-state index contributed by atoms with van der Waals surface area (Å²) in [6.07, 6.45) is 3.92. The van der Waals surface area contributed by atoms with Crippen molar-refractivity contribution >= 4 is 23.3 Å². The number of carbonyl (C=O) groups is 2. The summed E-state index contributed by atoms with van der Waals surface area (Å²) in [5, 5.41) is 13.1. The lowest BCUT2D eigenvalue weighted by atomic mass is 10.2. The van der Waals surface area contributed by atoms with Crippen molar-refractivity contribution in [1.29, 1.82) is 0 Å². The molecule has 0 saturated carbocycles. The Labute approximate surface area is 135 Å². The molecule has 124 valence electrons. The normalized spacial score (nSPS) is 9.88. The van der Waals surface area contributed by atoms with E-state index in [1.807, 2.05) is 0 Å². The Morgan fingerprint density at radius 3 is 2.75 bits per heavy atom. The maximum atomic E-state index is 11.8. The molecule has 0 bridgehead atoms. The molecule has 0 fully saturated rings. The van der Waals surface area contributed by atoms with Gasteiger partial charge in [0.15, 0.2) is 12.3 Å². The standard InChI is InChI=1S/C14H12N4O6/c1-23-12-6-9(18(21)22)2-3-10(12)17-13(19)8-24-14(20)11-7-15-4-5-16-11/h2-7H,8H2,1H3,(H,17,19). The molecule has 2 aromatic rings. The number of nitrogens with one attached hydrogen (secondary N) is 1. The number of nitro benzene ring substituents is 1. The number of amides is 1. The molecule has 0 atom stereocenters. The van der Waals surface area contributed by atoms with Gasteiger partial charge in [0.25, 0.3) is 11.6 Å². The van der Waals surface area contributed by atoms with Gasteiger partial charge in [0.2, 0.25) is 0 Å². The van der Waals surface area contributed by atoms with Crippen molar-refractivity contribution < 1.29 is 24.0 Å². The summed E-state index contributed by atoms with van der Waals surface area (Å²) in [4.78, 5) is 41.0. The summed E-state index contributed by atoms with van der Waals surface area (Å²) in [6, 6.07) is 3.70. The number of hydrogen-bond acceptors (Lipinski definition) is 8. The molecule has 10 heteroatoms. The van der Waals surface area contributed by atoms with Gasteiger partial charge in [-0.3, -0.25) is 19.9 Å². The average molecular weight is 332 g/mol. The molecule has 0 saturated heterocycles. The highest BCUT2D eigenvalue weighted by molar-refractivity contribution is 5.95. The van der Waals surface area contributed by atoms with Crippen LogP contribution in [-0.2, 0) is 9.53 Å². The van der Waals surface area contributed by atoms with Gasteiger partial charge in [-0.1, -0.05) is 0 Å². The quantitative estimate of drug-likeness (QED) is 0.473. The Morgan fingerprint density at radius 2 is 2.12 bits per heavy atom. The van der Waals surface area contributed by atoms with E-state index in [4.69, 9.17) is 9.47 Å². The number of aromatic nitrogens is 2. The fraction of sp³-hybridized carbons (Fsp3) is 0.143. The van der Waals surface area contributed by atoms with Crippen LogP contribution >= 0.6 is 0 Å². The number of nitrogens with zero attached hydrogens (tertiary/aromatic N) is 3. The van der Waals surface area contributed by atoms with E-state index in [1.54, 1.807) is 0 Å². The lowest BCUT2D eigenvalue weighted by Crippen LogP contribution is -2.21. The summed E-state index contributed by atoms with van der Waals surface area (Å²) in [6.45, 7) is -0.560. The summed E-state index contributed by atoms with van der Waals surface area (Å²) in [5.74, 6) is -1.33. The van der Waals surface area contributed by atoms with E-state index in [9.17, 15) is 19.7 Å². The molecule has 0 unspecified atom stereocenters. The third-order valence-electron chi connectivity index (χ3n) is 2.78. The molecule has 1 aromatic carbocycles. The van der Waals surface area contributed by atoms with Crippen molar-refractivity contribution in [2.24, 2.45) is 0 Å². The van der Waals surface area contributed by atoms with Crippen LogP contribution in [0.2, 0.25) is 0 Å². The predicted octanol–water partition coefficient (Wildman–Crippen LogP) is 1.19. The van der Waals surface area contributed by atoms with Gasteiger partial charge < -0.3 is 14.8 Å². The Balaban J connectivity index is 1.97. The van der Waals surface area contributed by atoms with Crippen LogP contribution in [0, 0.1) is 10.1 Å². The summed E-state index contributed by atoms with van der Waals surface area (Å²) in [5.41, 5.74) is 0.000738. The number of rotatable bonds is 6. The van der Waals surface area contributed by atoms with E-state index >= 15 is 0 Å². The zero-order valence-corrected chi connectivity index (χ0v) is 12.5. The topological polar surface area (TPSA) is 134 Å². The number of hydrogen-bond donors (Lipinski definition) is 1. The third kappa shape index (κ3) is 4.22. The first-order valence-electron chi connectivity index (χ1n) is 6.56. The zero-order valence-electron chi connectivity index (χ0n) is 12.5. The molecule has 10 nitrogen and oxygen atoms in total. The van der Waals surface area contributed by atoms with Crippen LogP contribution in [0.15, 0.2) is 36.8 Å². The molecule has 1 heterocycles. The van der Waals surface area contributed by atoms with E-state index in [-0.39, 0.29) is 22.8 Å². The lowest BCUT2D eigenvalue weighted by Gasteiger charge is -2.10. The van der Waals surface area contributed by atoms with Gasteiger partial charge in [0.1, 0.15) is 5.75 Å². The highest BCUT2D eigenvalue weighted by Crippen LogP contribution is 2.28. The van der Waals surface area contributed by atoms with Crippen LogP contribution in [0.1, 0.15) is 10.5 Å². The molecule has 24 heavy (non-hydrogen) atoms. The van der Waals surface area contributed by atoms with Gasteiger partial charge in [-0.05, 0) is 6.07 Å². The first-order chi connectivity index (χ1) is 11.5. The zero-order chi connectivity index (χ0) is 17.5. The second-order valence-corrected chi connectivity index (χ2v) is 4.36. The average Bonchev–Trinajstić information content (AvgIpc) is 2.60. The van der Waals surface area contributed by atoms with Crippen LogP contribution < -0.4 is 10.1 Å². The van der Waals surface area contributed by atoms with Crippen molar-refractivity contribution in [2.45, 2.75) is 0 Å². The molecule has 0 spiro atoms. The van der Waals surface area contributed by atoms with Crippen molar-refractivity contribution in [3.63, 3.8) is 0 Å². The summed E-state index contributed by atoms with van der Waals surface area (Å²) < 4.78 is 9.78. The molecule has 0 radical (unpaired) electrons. The maximum absolute atomic E-state index is 11.8. The molecule has 0 aliphatic heterocycles. The van der Waals surface area contributed by atoms with E-state index in [2.05, 4.69) is 15.3 Å². The second-order valence-electron chi connectivity index (χ2n) is 4.36. The number of benzene rings is 1. The fourth-order valence-electron chi connectivity index (χ4n) is 1.69. The van der Waals surface area contributed by atoms with Gasteiger partial charge in [0.05, 0.1) is 30.0 Å². The van der Waals surface area contributed by atoms with E-state index in [1.165, 1.54) is 43.9 Å². The molecule has 1 aromatic heterocycles.